The summed E-state index contributed by atoms with van der Waals surface area (Å²) < 4.78 is 6.24. The van der Waals surface area contributed by atoms with Crippen LogP contribution in [0.2, 0.25) is 5.02 Å². The van der Waals surface area contributed by atoms with Gasteiger partial charge in [-0.05, 0) is 72.7 Å². The minimum Gasteiger partial charge on any atom is -0.453 e. The number of benzene rings is 2. The number of amides is 3. The Hall–Kier alpha value is -6.93. The second-order valence-electron chi connectivity index (χ2n) is 12.5. The molecule has 6 rings (SSSR count). The summed E-state index contributed by atoms with van der Waals surface area (Å²) in [6.45, 7) is 6.12. The molecule has 2 bridgehead atoms. The molecule has 2 aromatic carbocycles. The number of aromatic nitrogens is 8. The molecule has 1 aliphatic heterocycles. The zero-order chi connectivity index (χ0) is 38.9. The molecule has 280 valence electrons. The van der Waals surface area contributed by atoms with Crippen LogP contribution in [0.3, 0.4) is 0 Å². The van der Waals surface area contributed by atoms with E-state index in [1.807, 2.05) is 6.92 Å². The molecule has 2 unspecified atom stereocenters. The standard InChI is InChI=1S/C37H36ClN13O4/c1-21-17-41-26(18-40-21)19-42-36(53)22(2)28-6-4-5-7-29(46-33(52)13-8-23-14-24(38)9-12-32(23)51-20-43-49-50-51)35-47-31(16-39)34(48-35)27-11-10-25(15-30(27)45-28)44-37(54)55-3/h8-15,17-18,20,28-29,45H,2,4-7,19H2,1,3H3,(H,42,53)(H,44,54)(H,46,52)(H,47,48). The molecule has 18 heteroatoms. The van der Waals surface area contributed by atoms with E-state index in [0.29, 0.717) is 76.1 Å². The van der Waals surface area contributed by atoms with Crippen LogP contribution in [0.15, 0.2) is 73.3 Å². The minimum absolute atomic E-state index is 0.0816. The Morgan fingerprint density at radius 2 is 1.98 bits per heavy atom. The van der Waals surface area contributed by atoms with Gasteiger partial charge in [-0.2, -0.15) is 9.94 Å². The van der Waals surface area contributed by atoms with E-state index in [1.54, 1.807) is 54.9 Å². The molecular formula is C37H36ClN13O4. The molecule has 3 amide bonds. The van der Waals surface area contributed by atoms with Gasteiger partial charge in [-0.3, -0.25) is 24.9 Å². The van der Waals surface area contributed by atoms with Crippen molar-refractivity contribution in [2.45, 2.75) is 51.2 Å². The zero-order valence-corrected chi connectivity index (χ0v) is 30.6. The van der Waals surface area contributed by atoms with Crippen molar-refractivity contribution in [1.82, 2.24) is 50.8 Å². The van der Waals surface area contributed by atoms with Crippen LogP contribution >= 0.6 is 11.6 Å². The first-order chi connectivity index (χ1) is 26.6. The van der Waals surface area contributed by atoms with E-state index >= 15 is 0 Å². The second kappa shape index (κ2) is 17.3. The highest BCUT2D eigenvalue weighted by atomic mass is 35.5. The number of carbonyl (C=O) groups is 3. The van der Waals surface area contributed by atoms with Crippen molar-refractivity contribution >= 4 is 47.0 Å². The fourth-order valence-electron chi connectivity index (χ4n) is 5.93. The number of H-pyrrole nitrogens is 1. The maximum atomic E-state index is 13.5. The molecule has 0 aliphatic carbocycles. The van der Waals surface area contributed by atoms with Crippen molar-refractivity contribution in [3.05, 3.63) is 107 Å². The minimum atomic E-state index is -0.677. The first-order valence-corrected chi connectivity index (χ1v) is 17.5. The summed E-state index contributed by atoms with van der Waals surface area (Å²) in [5.41, 5.74) is 4.69. The maximum Gasteiger partial charge on any atom is 0.411 e. The largest absolute Gasteiger partial charge is 0.453 e. The Kier molecular flexibility index (Phi) is 11.9. The number of aromatic amines is 1. The molecule has 0 radical (unpaired) electrons. The molecule has 1 aliphatic rings. The molecule has 5 aromatic rings. The molecule has 4 heterocycles. The van der Waals surface area contributed by atoms with E-state index in [-0.39, 0.29) is 17.8 Å². The van der Waals surface area contributed by atoms with Gasteiger partial charge >= 0.3 is 6.09 Å². The maximum absolute atomic E-state index is 13.5. The van der Waals surface area contributed by atoms with Crippen LogP contribution in [-0.2, 0) is 20.9 Å². The van der Waals surface area contributed by atoms with Crippen molar-refractivity contribution < 1.29 is 19.1 Å². The average molecular weight is 762 g/mol. The summed E-state index contributed by atoms with van der Waals surface area (Å²) in [7, 11) is 1.25. The predicted molar refractivity (Wildman–Crippen MR) is 202 cm³/mol. The van der Waals surface area contributed by atoms with E-state index in [1.165, 1.54) is 24.2 Å². The number of halogens is 1. The average Bonchev–Trinajstić information content (AvgIpc) is 3.88. The van der Waals surface area contributed by atoms with Gasteiger partial charge < -0.3 is 25.7 Å². The van der Waals surface area contributed by atoms with Gasteiger partial charge in [-0.15, -0.1) is 5.10 Å². The van der Waals surface area contributed by atoms with Crippen molar-refractivity contribution in [2.24, 2.45) is 0 Å². The van der Waals surface area contributed by atoms with Gasteiger partial charge in [0.2, 0.25) is 11.8 Å². The van der Waals surface area contributed by atoms with Crippen LogP contribution < -0.4 is 21.3 Å². The number of hydrogen-bond donors (Lipinski definition) is 5. The molecule has 3 aromatic heterocycles. The number of hydrogen-bond acceptors (Lipinski definition) is 12. The van der Waals surface area contributed by atoms with Gasteiger partial charge in [0.05, 0.1) is 54.7 Å². The van der Waals surface area contributed by atoms with Crippen LogP contribution in [0.5, 0.6) is 0 Å². The summed E-state index contributed by atoms with van der Waals surface area (Å²) >= 11 is 6.26. The van der Waals surface area contributed by atoms with E-state index in [4.69, 9.17) is 16.3 Å². The third kappa shape index (κ3) is 9.36. The number of anilines is 2. The highest BCUT2D eigenvalue weighted by Gasteiger charge is 2.26. The summed E-state index contributed by atoms with van der Waals surface area (Å²) in [5, 5.41) is 34.0. The second-order valence-corrected chi connectivity index (χ2v) is 13.0. The lowest BCUT2D eigenvalue weighted by molar-refractivity contribution is -0.118. The number of ether oxygens (including phenoxy) is 1. The number of tetrazole rings is 1. The molecule has 0 spiro atoms. The first-order valence-electron chi connectivity index (χ1n) is 17.1. The van der Waals surface area contributed by atoms with Crippen LogP contribution in [-0.4, -0.2) is 71.2 Å². The number of fused-ring (bicyclic) bond motifs is 4. The monoisotopic (exact) mass is 761 g/mol. The predicted octanol–water partition coefficient (Wildman–Crippen LogP) is 4.95. The first kappa shape index (κ1) is 37.8. The lowest BCUT2D eigenvalue weighted by Crippen LogP contribution is -2.34. The summed E-state index contributed by atoms with van der Waals surface area (Å²) in [6.07, 6.45) is 9.11. The Morgan fingerprint density at radius 3 is 2.73 bits per heavy atom. The molecule has 0 saturated carbocycles. The van der Waals surface area contributed by atoms with Crippen LogP contribution in [0.4, 0.5) is 16.2 Å². The number of carbonyl (C=O) groups excluding carboxylic acids is 3. The van der Waals surface area contributed by atoms with E-state index < -0.39 is 30.0 Å². The number of aryl methyl sites for hydroxylation is 1. The van der Waals surface area contributed by atoms with Gasteiger partial charge in [-0.1, -0.05) is 31.0 Å². The van der Waals surface area contributed by atoms with E-state index in [0.717, 1.165) is 5.69 Å². The van der Waals surface area contributed by atoms with Crippen molar-refractivity contribution in [3.8, 4) is 23.0 Å². The van der Waals surface area contributed by atoms with Crippen molar-refractivity contribution in [3.63, 3.8) is 0 Å². The Morgan fingerprint density at radius 1 is 1.15 bits per heavy atom. The summed E-state index contributed by atoms with van der Waals surface area (Å²) in [5.74, 6) is -0.426. The normalized spacial score (nSPS) is 15.3. The van der Waals surface area contributed by atoms with Gasteiger partial charge in [0.15, 0.2) is 5.69 Å². The number of methoxy groups -OCH3 is 1. The topological polar surface area (TPSA) is 230 Å². The number of imidazole rings is 1. The summed E-state index contributed by atoms with van der Waals surface area (Å²) in [4.78, 5) is 55.5. The molecule has 0 fully saturated rings. The highest BCUT2D eigenvalue weighted by molar-refractivity contribution is 6.30. The van der Waals surface area contributed by atoms with Gasteiger partial charge in [0, 0.05) is 45.4 Å². The number of nitrogens with zero attached hydrogens (tertiary/aromatic N) is 8. The smallest absolute Gasteiger partial charge is 0.411 e. The van der Waals surface area contributed by atoms with Crippen molar-refractivity contribution in [2.75, 3.05) is 17.7 Å². The zero-order valence-electron chi connectivity index (χ0n) is 29.8. The fraction of sp³-hybridized carbons (Fsp3) is 0.243. The van der Waals surface area contributed by atoms with Crippen LogP contribution in [0.25, 0.3) is 23.0 Å². The van der Waals surface area contributed by atoms with Crippen LogP contribution in [0, 0.1) is 18.3 Å². The molecule has 17 nitrogen and oxygen atoms in total. The third-order valence-corrected chi connectivity index (χ3v) is 8.97. The number of nitriles is 1. The molecule has 2 atom stereocenters. The van der Waals surface area contributed by atoms with E-state index in [2.05, 4.69) is 69.4 Å². The van der Waals surface area contributed by atoms with E-state index in [9.17, 15) is 19.6 Å². The lowest BCUT2D eigenvalue weighted by atomic mass is 9.97. The van der Waals surface area contributed by atoms with Crippen LogP contribution in [0.1, 0.15) is 60.2 Å². The Bertz CT molecular complexity index is 2280. The molecular weight excluding hydrogens is 726 g/mol. The lowest BCUT2D eigenvalue weighted by Gasteiger charge is -2.25. The SMILES string of the molecule is C=C(C(=O)NCc1cnc(C)cn1)C1CCCCC(NC(=O)C=Cc2cc(Cl)ccc2-n2cnnn2)c2nc(C#N)c([nH]2)-c2ccc(NC(=O)OC)cc2N1. The Labute approximate surface area is 320 Å². The Balaban J connectivity index is 1.29. The number of nitrogens with one attached hydrogen (secondary N) is 5. The quantitative estimate of drug-likeness (QED) is 0.126. The molecule has 0 saturated heterocycles. The van der Waals surface area contributed by atoms with Crippen molar-refractivity contribution in [1.29, 1.82) is 5.26 Å². The molecule has 5 N–H and O–H groups in total. The van der Waals surface area contributed by atoms with Gasteiger partial charge in [0.25, 0.3) is 0 Å². The fourth-order valence-corrected chi connectivity index (χ4v) is 6.11. The van der Waals surface area contributed by atoms with Gasteiger partial charge in [0.1, 0.15) is 18.2 Å². The van der Waals surface area contributed by atoms with Gasteiger partial charge in [-0.25, -0.2) is 9.78 Å². The number of rotatable bonds is 9. The summed E-state index contributed by atoms with van der Waals surface area (Å²) in [6, 6.07) is 11.1. The third-order valence-electron chi connectivity index (χ3n) is 8.74. The highest BCUT2D eigenvalue weighted by Crippen LogP contribution is 2.35. The molecule has 55 heavy (non-hydrogen) atoms.